The Morgan fingerprint density at radius 2 is 2.11 bits per heavy atom. The summed E-state index contributed by atoms with van der Waals surface area (Å²) in [5.41, 5.74) is 0.551. The summed E-state index contributed by atoms with van der Waals surface area (Å²) in [7, 11) is -3.30. The fourth-order valence-corrected chi connectivity index (χ4v) is 3.11. The van der Waals surface area contributed by atoms with Crippen molar-refractivity contribution in [2.45, 2.75) is 37.3 Å². The zero-order valence-electron chi connectivity index (χ0n) is 11.2. The van der Waals surface area contributed by atoms with Crippen molar-refractivity contribution in [1.29, 1.82) is 0 Å². The number of hydrogen-bond donors (Lipinski definition) is 2. The highest BCUT2D eigenvalue weighted by Crippen LogP contribution is 2.23. The number of hydrogen-bond acceptors (Lipinski definition) is 4. The smallest absolute Gasteiger partial charge is 0.175 e. The summed E-state index contributed by atoms with van der Waals surface area (Å²) in [6, 6.07) is 4.82. The monoisotopic (exact) mass is 305 g/mol. The third kappa shape index (κ3) is 5.10. The Bertz CT molecular complexity index is 517. The maximum Gasteiger partial charge on any atom is 0.175 e. The lowest BCUT2D eigenvalue weighted by atomic mass is 10.2. The van der Waals surface area contributed by atoms with E-state index in [2.05, 4.69) is 5.32 Å². The summed E-state index contributed by atoms with van der Waals surface area (Å²) in [4.78, 5) is 0.234. The van der Waals surface area contributed by atoms with Gasteiger partial charge in [-0.3, -0.25) is 0 Å². The maximum atomic E-state index is 11.7. The average Bonchev–Trinajstić information content (AvgIpc) is 2.30. The Kier molecular flexibility index (Phi) is 6.26. The van der Waals surface area contributed by atoms with E-state index in [0.29, 0.717) is 30.1 Å². The van der Waals surface area contributed by atoms with Gasteiger partial charge in [0, 0.05) is 29.9 Å². The van der Waals surface area contributed by atoms with Gasteiger partial charge in [-0.05, 0) is 18.6 Å². The van der Waals surface area contributed by atoms with Gasteiger partial charge in [0.05, 0.1) is 11.0 Å². The molecule has 1 aromatic carbocycles. The summed E-state index contributed by atoms with van der Waals surface area (Å²) in [6.07, 6.45) is 2.36. The molecule has 108 valence electrons. The molecule has 1 rings (SSSR count). The Balaban J connectivity index is 2.78. The van der Waals surface area contributed by atoms with Crippen molar-refractivity contribution >= 4 is 21.4 Å². The molecule has 2 N–H and O–H groups in total. The SMILES string of the molecule is CCCC(O)CNCc1c(Cl)cccc1S(C)(=O)=O. The minimum Gasteiger partial charge on any atom is -0.392 e. The summed E-state index contributed by atoms with van der Waals surface area (Å²) in [5.74, 6) is 0. The molecular formula is C13H20ClNO3S. The van der Waals surface area contributed by atoms with Gasteiger partial charge in [0.2, 0.25) is 0 Å². The van der Waals surface area contributed by atoms with E-state index in [-0.39, 0.29) is 4.90 Å². The molecule has 0 saturated heterocycles. The minimum atomic E-state index is -3.30. The molecule has 0 aliphatic carbocycles. The lowest BCUT2D eigenvalue weighted by Crippen LogP contribution is -2.26. The molecule has 1 unspecified atom stereocenters. The fourth-order valence-electron chi connectivity index (χ4n) is 1.86. The van der Waals surface area contributed by atoms with Gasteiger partial charge < -0.3 is 10.4 Å². The highest BCUT2D eigenvalue weighted by molar-refractivity contribution is 7.90. The first-order valence-electron chi connectivity index (χ1n) is 6.22. The minimum absolute atomic E-state index is 0.234. The number of halogens is 1. The van der Waals surface area contributed by atoms with Gasteiger partial charge in [0.25, 0.3) is 0 Å². The molecule has 0 aliphatic heterocycles. The first-order valence-corrected chi connectivity index (χ1v) is 8.49. The molecule has 0 spiro atoms. The van der Waals surface area contributed by atoms with Crippen LogP contribution >= 0.6 is 11.6 Å². The second kappa shape index (κ2) is 7.24. The van der Waals surface area contributed by atoms with Crippen molar-refractivity contribution in [3.63, 3.8) is 0 Å². The molecule has 0 bridgehead atoms. The highest BCUT2D eigenvalue weighted by atomic mass is 35.5. The van der Waals surface area contributed by atoms with Crippen molar-refractivity contribution in [2.24, 2.45) is 0 Å². The second-order valence-corrected chi connectivity index (χ2v) is 6.95. The van der Waals surface area contributed by atoms with Gasteiger partial charge in [-0.1, -0.05) is 31.0 Å². The predicted octanol–water partition coefficient (Wildman–Crippen LogP) is 1.99. The first-order chi connectivity index (χ1) is 8.86. The van der Waals surface area contributed by atoms with Crippen molar-refractivity contribution in [3.05, 3.63) is 28.8 Å². The number of sulfone groups is 1. The molecule has 6 heteroatoms. The molecule has 0 amide bonds. The van der Waals surface area contributed by atoms with Crippen LogP contribution in [0.1, 0.15) is 25.3 Å². The van der Waals surface area contributed by atoms with E-state index in [1.54, 1.807) is 18.2 Å². The van der Waals surface area contributed by atoms with Crippen LogP contribution in [0.5, 0.6) is 0 Å². The fraction of sp³-hybridized carbons (Fsp3) is 0.538. The summed E-state index contributed by atoms with van der Waals surface area (Å²) in [5, 5.41) is 13.1. The molecule has 0 heterocycles. The van der Waals surface area contributed by atoms with E-state index in [1.807, 2.05) is 6.92 Å². The number of nitrogens with one attached hydrogen (secondary N) is 1. The summed E-state index contributed by atoms with van der Waals surface area (Å²) in [6.45, 7) is 2.74. The molecule has 19 heavy (non-hydrogen) atoms. The zero-order chi connectivity index (χ0) is 14.5. The molecule has 1 atom stereocenters. The summed E-state index contributed by atoms with van der Waals surface area (Å²) < 4.78 is 23.3. The topological polar surface area (TPSA) is 66.4 Å². The molecule has 4 nitrogen and oxygen atoms in total. The normalized spacial score (nSPS) is 13.5. The highest BCUT2D eigenvalue weighted by Gasteiger charge is 2.15. The van der Waals surface area contributed by atoms with Crippen LogP contribution in [0.4, 0.5) is 0 Å². The second-order valence-electron chi connectivity index (χ2n) is 4.56. The van der Waals surface area contributed by atoms with Gasteiger partial charge in [-0.25, -0.2) is 8.42 Å². The van der Waals surface area contributed by atoms with Crippen molar-refractivity contribution in [2.75, 3.05) is 12.8 Å². The molecule has 1 aromatic rings. The van der Waals surface area contributed by atoms with Crippen LogP contribution < -0.4 is 5.32 Å². The van der Waals surface area contributed by atoms with Crippen LogP contribution in [0.15, 0.2) is 23.1 Å². The molecule has 0 saturated carbocycles. The van der Waals surface area contributed by atoms with Gasteiger partial charge in [0.1, 0.15) is 0 Å². The standard InChI is InChI=1S/C13H20ClNO3S/c1-3-5-10(16)8-15-9-11-12(14)6-4-7-13(11)19(2,17)18/h4,6-7,10,15-16H,3,5,8-9H2,1-2H3. The van der Waals surface area contributed by atoms with Gasteiger partial charge in [-0.15, -0.1) is 0 Å². The van der Waals surface area contributed by atoms with Gasteiger partial charge in [-0.2, -0.15) is 0 Å². The molecule has 0 aliphatic rings. The van der Waals surface area contributed by atoms with Gasteiger partial charge in [0.15, 0.2) is 9.84 Å². The Labute approximate surface area is 119 Å². The van der Waals surface area contributed by atoms with Crippen LogP contribution in [0.25, 0.3) is 0 Å². The van der Waals surface area contributed by atoms with Crippen molar-refractivity contribution in [3.8, 4) is 0 Å². The lowest BCUT2D eigenvalue weighted by molar-refractivity contribution is 0.160. The van der Waals surface area contributed by atoms with Crippen LogP contribution in [-0.2, 0) is 16.4 Å². The molecular weight excluding hydrogens is 286 g/mol. The maximum absolute atomic E-state index is 11.7. The number of rotatable bonds is 7. The molecule has 0 radical (unpaired) electrons. The number of aliphatic hydroxyl groups excluding tert-OH is 1. The molecule has 0 fully saturated rings. The van der Waals surface area contributed by atoms with E-state index in [4.69, 9.17) is 11.6 Å². The van der Waals surface area contributed by atoms with E-state index in [0.717, 1.165) is 12.7 Å². The van der Waals surface area contributed by atoms with Crippen molar-refractivity contribution < 1.29 is 13.5 Å². The average molecular weight is 306 g/mol. The first kappa shape index (κ1) is 16.4. The summed E-state index contributed by atoms with van der Waals surface area (Å²) >= 11 is 6.04. The van der Waals surface area contributed by atoms with Crippen LogP contribution in [0.3, 0.4) is 0 Å². The Morgan fingerprint density at radius 1 is 1.42 bits per heavy atom. The van der Waals surface area contributed by atoms with E-state index < -0.39 is 15.9 Å². The predicted molar refractivity (Wildman–Crippen MR) is 77.2 cm³/mol. The Morgan fingerprint density at radius 3 is 2.68 bits per heavy atom. The zero-order valence-corrected chi connectivity index (χ0v) is 12.8. The van der Waals surface area contributed by atoms with E-state index in [9.17, 15) is 13.5 Å². The van der Waals surface area contributed by atoms with E-state index in [1.165, 1.54) is 0 Å². The van der Waals surface area contributed by atoms with Crippen LogP contribution in [0.2, 0.25) is 5.02 Å². The quantitative estimate of drug-likeness (QED) is 0.808. The number of aliphatic hydroxyl groups is 1. The third-order valence-electron chi connectivity index (χ3n) is 2.78. The van der Waals surface area contributed by atoms with Crippen LogP contribution in [-0.4, -0.2) is 32.4 Å². The van der Waals surface area contributed by atoms with E-state index >= 15 is 0 Å². The molecule has 0 aromatic heterocycles. The lowest BCUT2D eigenvalue weighted by Gasteiger charge is -2.13. The number of benzene rings is 1. The van der Waals surface area contributed by atoms with Gasteiger partial charge >= 0.3 is 0 Å². The third-order valence-corrected chi connectivity index (χ3v) is 4.31. The van der Waals surface area contributed by atoms with Crippen LogP contribution in [0, 0.1) is 0 Å². The van der Waals surface area contributed by atoms with Crippen molar-refractivity contribution in [1.82, 2.24) is 5.32 Å². The largest absolute Gasteiger partial charge is 0.392 e. The Hall–Kier alpha value is -0.620.